The van der Waals surface area contributed by atoms with Gasteiger partial charge in [-0.3, -0.25) is 4.79 Å². The van der Waals surface area contributed by atoms with Crippen LogP contribution in [-0.4, -0.2) is 47.2 Å². The highest BCUT2D eigenvalue weighted by Gasteiger charge is 2.10. The average molecular weight is 324 g/mol. The largest absolute Gasteiger partial charge is 0.394 e. The molecule has 1 aromatic heterocycles. The number of nitrogens with zero attached hydrogens (tertiary/aromatic N) is 2. The van der Waals surface area contributed by atoms with Crippen LogP contribution in [0.2, 0.25) is 5.02 Å². The Labute approximate surface area is 133 Å². The van der Waals surface area contributed by atoms with Crippen LogP contribution < -0.4 is 5.32 Å². The molecule has 2 aromatic rings. The summed E-state index contributed by atoms with van der Waals surface area (Å²) in [6, 6.07) is 8.93. The van der Waals surface area contributed by atoms with Crippen LogP contribution in [0, 0.1) is 0 Å². The van der Waals surface area contributed by atoms with Gasteiger partial charge in [0.15, 0.2) is 5.69 Å². The van der Waals surface area contributed by atoms with E-state index in [1.807, 2.05) is 18.2 Å². The topological polar surface area (TPSA) is 76.4 Å². The number of hydrogen-bond donors (Lipinski definition) is 2. The van der Waals surface area contributed by atoms with E-state index in [0.29, 0.717) is 36.9 Å². The smallest absolute Gasteiger partial charge is 0.271 e. The highest BCUT2D eigenvalue weighted by atomic mass is 35.5. The molecule has 0 unspecified atom stereocenters. The molecule has 0 radical (unpaired) electrons. The molecule has 0 spiro atoms. The second-order valence-electron chi connectivity index (χ2n) is 4.54. The van der Waals surface area contributed by atoms with Gasteiger partial charge in [-0.1, -0.05) is 23.7 Å². The van der Waals surface area contributed by atoms with Crippen molar-refractivity contribution in [1.82, 2.24) is 15.1 Å². The number of aliphatic hydroxyl groups is 1. The third-order valence-corrected chi connectivity index (χ3v) is 3.23. The van der Waals surface area contributed by atoms with E-state index >= 15 is 0 Å². The molecule has 0 aliphatic carbocycles. The van der Waals surface area contributed by atoms with Gasteiger partial charge in [0.25, 0.3) is 5.91 Å². The molecule has 0 atom stereocenters. The Hall–Kier alpha value is -1.89. The van der Waals surface area contributed by atoms with Crippen LogP contribution in [0.4, 0.5) is 0 Å². The van der Waals surface area contributed by atoms with Crippen LogP contribution in [0.5, 0.6) is 0 Å². The summed E-state index contributed by atoms with van der Waals surface area (Å²) in [6.07, 6.45) is 2.37. The zero-order chi connectivity index (χ0) is 15.8. The van der Waals surface area contributed by atoms with Crippen molar-refractivity contribution >= 4 is 17.5 Å². The maximum Gasteiger partial charge on any atom is 0.271 e. The molecule has 0 bridgehead atoms. The van der Waals surface area contributed by atoms with Gasteiger partial charge in [0, 0.05) is 19.3 Å². The minimum absolute atomic E-state index is 0.00579. The minimum atomic E-state index is -0.243. The summed E-state index contributed by atoms with van der Waals surface area (Å²) < 4.78 is 6.68. The molecule has 118 valence electrons. The Morgan fingerprint density at radius 2 is 2.14 bits per heavy atom. The van der Waals surface area contributed by atoms with Crippen molar-refractivity contribution in [2.45, 2.75) is 6.42 Å². The molecule has 7 heteroatoms. The molecule has 0 fully saturated rings. The molecule has 2 rings (SSSR count). The molecule has 22 heavy (non-hydrogen) atoms. The summed E-state index contributed by atoms with van der Waals surface area (Å²) in [7, 11) is 0. The number of aliphatic hydroxyl groups excluding tert-OH is 1. The van der Waals surface area contributed by atoms with Crippen molar-refractivity contribution in [1.29, 1.82) is 0 Å². The standard InChI is InChI=1S/C15H18ClN3O3/c16-12-4-1-2-5-14(12)19-8-6-13(18-19)15(21)17-7-3-10-22-11-9-20/h1-2,4-6,8,20H,3,7,9-11H2,(H,17,21). The SMILES string of the molecule is O=C(NCCCOCCO)c1ccn(-c2ccccc2Cl)n1. The third kappa shape index (κ3) is 4.56. The van der Waals surface area contributed by atoms with Gasteiger partial charge in [0.1, 0.15) is 0 Å². The number of hydrogen-bond acceptors (Lipinski definition) is 4. The van der Waals surface area contributed by atoms with Crippen LogP contribution in [0.3, 0.4) is 0 Å². The molecule has 0 aliphatic rings. The molecule has 1 heterocycles. The lowest BCUT2D eigenvalue weighted by molar-refractivity contribution is 0.0865. The van der Waals surface area contributed by atoms with Gasteiger partial charge in [0.2, 0.25) is 0 Å². The maximum absolute atomic E-state index is 12.0. The van der Waals surface area contributed by atoms with E-state index in [9.17, 15) is 4.79 Å². The summed E-state index contributed by atoms with van der Waals surface area (Å²) in [5.74, 6) is -0.243. The number of rotatable bonds is 8. The number of nitrogens with one attached hydrogen (secondary N) is 1. The first kappa shape index (κ1) is 16.5. The number of amides is 1. The van der Waals surface area contributed by atoms with Crippen LogP contribution in [0.15, 0.2) is 36.5 Å². The van der Waals surface area contributed by atoms with Gasteiger partial charge >= 0.3 is 0 Å². The number of para-hydroxylation sites is 1. The van der Waals surface area contributed by atoms with Crippen LogP contribution >= 0.6 is 11.6 Å². The maximum atomic E-state index is 12.0. The number of carbonyl (C=O) groups excluding carboxylic acids is 1. The van der Waals surface area contributed by atoms with Crippen molar-refractivity contribution < 1.29 is 14.6 Å². The summed E-state index contributed by atoms with van der Waals surface area (Å²) in [5.41, 5.74) is 1.05. The molecule has 0 saturated heterocycles. The number of aromatic nitrogens is 2. The molecule has 0 saturated carbocycles. The number of carbonyl (C=O) groups is 1. The second-order valence-corrected chi connectivity index (χ2v) is 4.95. The summed E-state index contributed by atoms with van der Waals surface area (Å²) in [4.78, 5) is 12.0. The summed E-state index contributed by atoms with van der Waals surface area (Å²) >= 11 is 6.10. The average Bonchev–Trinajstić information content (AvgIpc) is 3.01. The monoisotopic (exact) mass is 323 g/mol. The lowest BCUT2D eigenvalue weighted by Crippen LogP contribution is -2.26. The van der Waals surface area contributed by atoms with Crippen molar-refractivity contribution in [2.75, 3.05) is 26.4 Å². The Bertz CT molecular complexity index is 616. The molecule has 0 aliphatic heterocycles. The molecule has 1 aromatic carbocycles. The molecular formula is C15H18ClN3O3. The van der Waals surface area contributed by atoms with Crippen molar-refractivity contribution in [2.24, 2.45) is 0 Å². The van der Waals surface area contributed by atoms with Gasteiger partial charge in [-0.05, 0) is 24.6 Å². The van der Waals surface area contributed by atoms with E-state index in [-0.39, 0.29) is 12.5 Å². The normalized spacial score (nSPS) is 10.6. The van der Waals surface area contributed by atoms with Crippen molar-refractivity contribution in [3.8, 4) is 5.69 Å². The van der Waals surface area contributed by atoms with E-state index in [0.717, 1.165) is 5.69 Å². The zero-order valence-corrected chi connectivity index (χ0v) is 12.8. The highest BCUT2D eigenvalue weighted by Crippen LogP contribution is 2.18. The van der Waals surface area contributed by atoms with E-state index in [1.54, 1.807) is 23.0 Å². The minimum Gasteiger partial charge on any atom is -0.394 e. The Kier molecular flexibility index (Phi) is 6.39. The fraction of sp³-hybridized carbons (Fsp3) is 0.333. The molecular weight excluding hydrogens is 306 g/mol. The first-order valence-electron chi connectivity index (χ1n) is 7.00. The van der Waals surface area contributed by atoms with E-state index in [1.165, 1.54) is 0 Å². The van der Waals surface area contributed by atoms with Crippen LogP contribution in [-0.2, 0) is 4.74 Å². The number of halogens is 1. The first-order valence-corrected chi connectivity index (χ1v) is 7.37. The zero-order valence-electron chi connectivity index (χ0n) is 12.0. The summed E-state index contributed by atoms with van der Waals surface area (Å²) in [6.45, 7) is 1.31. The Balaban J connectivity index is 1.86. The number of ether oxygens (including phenoxy) is 1. The fourth-order valence-electron chi connectivity index (χ4n) is 1.85. The predicted octanol–water partition coefficient (Wildman–Crippen LogP) is 1.65. The van der Waals surface area contributed by atoms with E-state index < -0.39 is 0 Å². The second kappa shape index (κ2) is 8.53. The lowest BCUT2D eigenvalue weighted by atomic mass is 10.3. The van der Waals surface area contributed by atoms with Gasteiger partial charge in [-0.25, -0.2) is 4.68 Å². The van der Waals surface area contributed by atoms with Crippen molar-refractivity contribution in [3.63, 3.8) is 0 Å². The Morgan fingerprint density at radius 3 is 2.91 bits per heavy atom. The fourth-order valence-corrected chi connectivity index (χ4v) is 2.07. The molecule has 6 nitrogen and oxygen atoms in total. The molecule has 2 N–H and O–H groups in total. The van der Waals surface area contributed by atoms with Gasteiger partial charge in [-0.2, -0.15) is 5.10 Å². The predicted molar refractivity (Wildman–Crippen MR) is 83.4 cm³/mol. The Morgan fingerprint density at radius 1 is 1.32 bits per heavy atom. The lowest BCUT2D eigenvalue weighted by Gasteiger charge is -2.05. The van der Waals surface area contributed by atoms with Crippen LogP contribution in [0.1, 0.15) is 16.9 Å². The molecule has 1 amide bonds. The van der Waals surface area contributed by atoms with Gasteiger partial charge in [-0.15, -0.1) is 0 Å². The van der Waals surface area contributed by atoms with E-state index in [2.05, 4.69) is 10.4 Å². The third-order valence-electron chi connectivity index (χ3n) is 2.91. The van der Waals surface area contributed by atoms with Crippen molar-refractivity contribution in [3.05, 3.63) is 47.2 Å². The van der Waals surface area contributed by atoms with Crippen LogP contribution in [0.25, 0.3) is 5.69 Å². The number of benzene rings is 1. The first-order chi connectivity index (χ1) is 10.7. The quantitative estimate of drug-likeness (QED) is 0.724. The van der Waals surface area contributed by atoms with Gasteiger partial charge in [0.05, 0.1) is 23.9 Å². The van der Waals surface area contributed by atoms with E-state index in [4.69, 9.17) is 21.4 Å². The highest BCUT2D eigenvalue weighted by molar-refractivity contribution is 6.32. The summed E-state index contributed by atoms with van der Waals surface area (Å²) in [5, 5.41) is 16.1. The van der Waals surface area contributed by atoms with Gasteiger partial charge < -0.3 is 15.2 Å².